The number of hydrogen-bond donors (Lipinski definition) is 1. The van der Waals surface area contributed by atoms with Crippen LogP contribution in [0.15, 0.2) is 9.98 Å². The van der Waals surface area contributed by atoms with Gasteiger partial charge in [0.25, 0.3) is 0 Å². The second-order valence-corrected chi connectivity index (χ2v) is 6.86. The molecule has 1 unspecified atom stereocenters. The number of hydrogen-bond acceptors (Lipinski definition) is 5. The topological polar surface area (TPSA) is 45.4 Å². The molecule has 3 heterocycles. The Labute approximate surface area is 120 Å². The first-order valence-electron chi connectivity index (χ1n) is 6.58. The second-order valence-electron chi connectivity index (χ2n) is 5.21. The maximum atomic E-state index is 5.97. The summed E-state index contributed by atoms with van der Waals surface area (Å²) in [6.45, 7) is 4.59. The predicted octanol–water partition coefficient (Wildman–Crippen LogP) is 1.91. The Morgan fingerprint density at radius 2 is 2.06 bits per heavy atom. The van der Waals surface area contributed by atoms with Gasteiger partial charge in [-0.05, 0) is 48.3 Å². The smallest absolute Gasteiger partial charge is 0.186 e. The maximum absolute atomic E-state index is 5.97. The summed E-state index contributed by atoms with van der Waals surface area (Å²) in [5, 5.41) is 3.21. The monoisotopic (exact) mass is 330 g/mol. The molecule has 1 aromatic rings. The summed E-state index contributed by atoms with van der Waals surface area (Å²) in [6, 6.07) is 1.12. The van der Waals surface area contributed by atoms with Crippen LogP contribution in [0.3, 0.4) is 0 Å². The molecule has 2 aliphatic heterocycles. The predicted molar refractivity (Wildman–Crippen MR) is 79.2 cm³/mol. The van der Waals surface area contributed by atoms with Gasteiger partial charge < -0.3 is 10.6 Å². The molecule has 18 heavy (non-hydrogen) atoms. The first-order valence-corrected chi connectivity index (χ1v) is 8.25. The van der Waals surface area contributed by atoms with E-state index in [-0.39, 0.29) is 0 Å². The Hall–Kier alpha value is -0.170. The fraction of sp³-hybridized carbons (Fsp3) is 0.750. The van der Waals surface area contributed by atoms with Crippen molar-refractivity contribution in [3.63, 3.8) is 0 Å². The number of halogens is 1. The van der Waals surface area contributed by atoms with Gasteiger partial charge in [0, 0.05) is 30.6 Å². The maximum Gasteiger partial charge on any atom is 0.186 e. The van der Waals surface area contributed by atoms with E-state index in [1.54, 1.807) is 11.3 Å². The number of piperidine rings is 1. The third-order valence-corrected chi connectivity index (χ3v) is 5.60. The van der Waals surface area contributed by atoms with Gasteiger partial charge in [0.1, 0.15) is 4.60 Å². The van der Waals surface area contributed by atoms with Crippen molar-refractivity contribution in [2.24, 2.45) is 5.73 Å². The van der Waals surface area contributed by atoms with Gasteiger partial charge in [0.05, 0.1) is 0 Å². The molecule has 0 aromatic carbocycles. The third-order valence-electron chi connectivity index (χ3n) is 3.99. The zero-order valence-electron chi connectivity index (χ0n) is 10.4. The van der Waals surface area contributed by atoms with Gasteiger partial charge in [-0.15, -0.1) is 11.3 Å². The fourth-order valence-corrected chi connectivity index (χ4v) is 4.18. The van der Waals surface area contributed by atoms with Crippen LogP contribution in [0.25, 0.3) is 0 Å². The Bertz CT molecular complexity index is 403. The minimum Gasteiger partial charge on any atom is -0.346 e. The number of nitrogens with zero attached hydrogens (tertiary/aromatic N) is 3. The lowest BCUT2D eigenvalue weighted by Gasteiger charge is -2.34. The molecule has 2 fully saturated rings. The van der Waals surface area contributed by atoms with Crippen LogP contribution in [-0.2, 0) is 0 Å². The van der Waals surface area contributed by atoms with Crippen molar-refractivity contribution in [1.82, 2.24) is 9.88 Å². The molecule has 2 aliphatic rings. The van der Waals surface area contributed by atoms with Gasteiger partial charge in [-0.25, -0.2) is 4.98 Å². The summed E-state index contributed by atoms with van der Waals surface area (Å²) in [6.07, 6.45) is 3.56. The first-order chi connectivity index (χ1) is 8.72. The van der Waals surface area contributed by atoms with Crippen LogP contribution in [0, 0.1) is 0 Å². The van der Waals surface area contributed by atoms with Crippen molar-refractivity contribution >= 4 is 32.4 Å². The molecule has 4 nitrogen and oxygen atoms in total. The fourth-order valence-electron chi connectivity index (χ4n) is 2.89. The van der Waals surface area contributed by atoms with E-state index in [1.807, 2.05) is 0 Å². The summed E-state index contributed by atoms with van der Waals surface area (Å²) in [5.74, 6) is 0. The van der Waals surface area contributed by atoms with Gasteiger partial charge in [0.15, 0.2) is 5.13 Å². The zero-order valence-corrected chi connectivity index (χ0v) is 12.8. The molecule has 1 atom stereocenters. The van der Waals surface area contributed by atoms with E-state index >= 15 is 0 Å². The van der Waals surface area contributed by atoms with E-state index < -0.39 is 0 Å². The molecule has 0 aliphatic carbocycles. The van der Waals surface area contributed by atoms with Crippen molar-refractivity contribution < 1.29 is 0 Å². The zero-order chi connectivity index (χ0) is 12.5. The largest absolute Gasteiger partial charge is 0.346 e. The highest BCUT2D eigenvalue weighted by Crippen LogP contribution is 2.28. The average molecular weight is 331 g/mol. The summed E-state index contributed by atoms with van der Waals surface area (Å²) in [5.41, 5.74) is 5.97. The van der Waals surface area contributed by atoms with Crippen LogP contribution in [0.5, 0.6) is 0 Å². The van der Waals surface area contributed by atoms with Crippen LogP contribution < -0.4 is 10.6 Å². The number of anilines is 1. The van der Waals surface area contributed by atoms with Crippen LogP contribution in [-0.4, -0.2) is 48.1 Å². The van der Waals surface area contributed by atoms with Crippen molar-refractivity contribution in [2.45, 2.75) is 31.3 Å². The highest BCUT2D eigenvalue weighted by atomic mass is 79.9. The number of nitrogens with two attached hydrogens (primary N) is 1. The molecule has 0 amide bonds. The van der Waals surface area contributed by atoms with Crippen molar-refractivity contribution in [1.29, 1.82) is 0 Å². The van der Waals surface area contributed by atoms with Gasteiger partial charge in [-0.1, -0.05) is 0 Å². The number of thiazole rings is 1. The standard InChI is InChI=1S/C12H19BrN4S/c13-11-8-18-12(15-11)17-6-3-10(7-17)16-4-1-9(14)2-5-16/h8-10H,1-7,14H2. The number of aromatic nitrogens is 1. The van der Waals surface area contributed by atoms with Gasteiger partial charge in [-0.2, -0.15) is 0 Å². The number of rotatable bonds is 2. The third kappa shape index (κ3) is 2.71. The van der Waals surface area contributed by atoms with E-state index in [0.717, 1.165) is 35.7 Å². The van der Waals surface area contributed by atoms with Crippen molar-refractivity contribution in [2.75, 3.05) is 31.1 Å². The molecule has 1 aromatic heterocycles. The lowest BCUT2D eigenvalue weighted by Crippen LogP contribution is -2.46. The molecule has 100 valence electrons. The van der Waals surface area contributed by atoms with Crippen LogP contribution in [0.4, 0.5) is 5.13 Å². The van der Waals surface area contributed by atoms with Crippen LogP contribution >= 0.6 is 27.3 Å². The highest BCUT2D eigenvalue weighted by molar-refractivity contribution is 9.10. The normalized spacial score (nSPS) is 27.0. The van der Waals surface area contributed by atoms with Gasteiger partial charge in [0.2, 0.25) is 0 Å². The van der Waals surface area contributed by atoms with Crippen LogP contribution in [0.1, 0.15) is 19.3 Å². The van der Waals surface area contributed by atoms with Crippen LogP contribution in [0.2, 0.25) is 0 Å². The van der Waals surface area contributed by atoms with E-state index in [4.69, 9.17) is 5.73 Å². The van der Waals surface area contributed by atoms with Crippen molar-refractivity contribution in [3.8, 4) is 0 Å². The average Bonchev–Trinajstić information content (AvgIpc) is 2.98. The summed E-state index contributed by atoms with van der Waals surface area (Å²) in [4.78, 5) is 9.54. The molecule has 3 rings (SSSR count). The van der Waals surface area contributed by atoms with E-state index in [0.29, 0.717) is 12.1 Å². The quantitative estimate of drug-likeness (QED) is 0.899. The first kappa shape index (κ1) is 12.8. The molecular formula is C12H19BrN4S. The minimum absolute atomic E-state index is 0.425. The van der Waals surface area contributed by atoms with E-state index in [2.05, 4.69) is 36.1 Å². The molecule has 0 saturated carbocycles. The molecule has 0 bridgehead atoms. The highest BCUT2D eigenvalue weighted by Gasteiger charge is 2.30. The Morgan fingerprint density at radius 3 is 2.72 bits per heavy atom. The Morgan fingerprint density at radius 1 is 1.28 bits per heavy atom. The lowest BCUT2D eigenvalue weighted by molar-refractivity contribution is 0.163. The molecule has 0 spiro atoms. The second kappa shape index (κ2) is 5.45. The van der Waals surface area contributed by atoms with Gasteiger partial charge in [-0.3, -0.25) is 4.90 Å². The summed E-state index contributed by atoms with van der Waals surface area (Å²) in [7, 11) is 0. The molecule has 2 saturated heterocycles. The van der Waals surface area contributed by atoms with Gasteiger partial charge >= 0.3 is 0 Å². The molecular weight excluding hydrogens is 312 g/mol. The summed E-state index contributed by atoms with van der Waals surface area (Å²) >= 11 is 5.15. The van der Waals surface area contributed by atoms with Crippen molar-refractivity contribution in [3.05, 3.63) is 9.98 Å². The Kier molecular flexibility index (Phi) is 3.89. The number of likely N-dealkylation sites (tertiary alicyclic amines) is 1. The lowest BCUT2D eigenvalue weighted by atomic mass is 10.0. The summed E-state index contributed by atoms with van der Waals surface area (Å²) < 4.78 is 0.954. The molecule has 0 radical (unpaired) electrons. The van der Waals surface area contributed by atoms with E-state index in [9.17, 15) is 0 Å². The SMILES string of the molecule is NC1CCN(C2CCN(c3nc(Br)cs3)C2)CC1. The Balaban J connectivity index is 1.58. The minimum atomic E-state index is 0.425. The molecule has 2 N–H and O–H groups in total. The molecule has 6 heteroatoms. The van der Waals surface area contributed by atoms with E-state index in [1.165, 1.54) is 19.5 Å².